The molecule has 2 aliphatic rings. The van der Waals surface area contributed by atoms with Crippen LogP contribution in [0.25, 0.3) is 11.1 Å². The van der Waals surface area contributed by atoms with Crippen LogP contribution in [0.3, 0.4) is 0 Å². The van der Waals surface area contributed by atoms with Crippen molar-refractivity contribution in [3.05, 3.63) is 90.0 Å². The van der Waals surface area contributed by atoms with Crippen LogP contribution in [0.4, 0.5) is 0 Å². The van der Waals surface area contributed by atoms with Crippen LogP contribution >= 0.6 is 0 Å². The van der Waals surface area contributed by atoms with E-state index in [2.05, 4.69) is 40.7 Å². The van der Waals surface area contributed by atoms with Crippen LogP contribution in [0.2, 0.25) is 0 Å². The summed E-state index contributed by atoms with van der Waals surface area (Å²) in [4.78, 5) is 16.9. The number of fused-ring (bicyclic) bond motifs is 1. The van der Waals surface area contributed by atoms with Crippen molar-refractivity contribution in [1.82, 2.24) is 9.55 Å². The number of nitrogens with zero attached hydrogens (tertiary/aromatic N) is 2. The minimum absolute atomic E-state index is 0.0686. The third-order valence-corrected chi connectivity index (χ3v) is 7.55. The van der Waals surface area contributed by atoms with Gasteiger partial charge in [0.1, 0.15) is 6.61 Å². The average molecular weight is 457 g/mol. The molecule has 2 heterocycles. The van der Waals surface area contributed by atoms with Gasteiger partial charge < -0.3 is 14.4 Å². The lowest BCUT2D eigenvalue weighted by atomic mass is 9.77. The zero-order valence-electron chi connectivity index (χ0n) is 19.6. The van der Waals surface area contributed by atoms with Crippen LogP contribution in [-0.2, 0) is 16.1 Å². The summed E-state index contributed by atoms with van der Waals surface area (Å²) in [6.45, 7) is 2.47. The fourth-order valence-electron chi connectivity index (χ4n) is 5.64. The summed E-state index contributed by atoms with van der Waals surface area (Å²) >= 11 is 0. The van der Waals surface area contributed by atoms with Crippen LogP contribution in [0.1, 0.15) is 61.9 Å². The standard InChI is InChI=1S/C29H32N2O3/c1-20-26-17-30-19-31(26)25(28(20)23-10-6-3-7-11-23)16-27(32)22-12-14-24(15-13-22)29(33)34-18-21-8-4-2-5-9-21/h2-11,17,19,22,24-25,27,32H,12-16,18H2,1H3. The second kappa shape index (κ2) is 9.98. The molecule has 0 spiro atoms. The van der Waals surface area contributed by atoms with E-state index in [0.29, 0.717) is 13.0 Å². The number of aromatic nitrogens is 2. The van der Waals surface area contributed by atoms with E-state index in [4.69, 9.17) is 4.74 Å². The van der Waals surface area contributed by atoms with Crippen LogP contribution in [0.15, 0.2) is 73.2 Å². The van der Waals surface area contributed by atoms with E-state index >= 15 is 0 Å². The fourth-order valence-corrected chi connectivity index (χ4v) is 5.64. The second-order valence-electron chi connectivity index (χ2n) is 9.61. The van der Waals surface area contributed by atoms with E-state index in [0.717, 1.165) is 36.9 Å². The van der Waals surface area contributed by atoms with E-state index < -0.39 is 6.10 Å². The number of rotatable bonds is 7. The highest BCUT2D eigenvalue weighted by Crippen LogP contribution is 2.45. The van der Waals surface area contributed by atoms with Gasteiger partial charge >= 0.3 is 5.97 Å². The molecule has 2 aromatic carbocycles. The van der Waals surface area contributed by atoms with Gasteiger partial charge in [0.05, 0.1) is 36.3 Å². The van der Waals surface area contributed by atoms with Gasteiger partial charge in [-0.2, -0.15) is 0 Å². The van der Waals surface area contributed by atoms with E-state index in [1.165, 1.54) is 16.7 Å². The first kappa shape index (κ1) is 22.6. The van der Waals surface area contributed by atoms with Crippen LogP contribution in [0, 0.1) is 11.8 Å². The maximum atomic E-state index is 12.6. The Morgan fingerprint density at radius 3 is 2.44 bits per heavy atom. The van der Waals surface area contributed by atoms with Crippen LogP contribution < -0.4 is 0 Å². The van der Waals surface area contributed by atoms with Crippen LogP contribution in [0.5, 0.6) is 0 Å². The number of hydrogen-bond acceptors (Lipinski definition) is 4. The lowest BCUT2D eigenvalue weighted by molar-refractivity contribution is -0.151. The molecule has 1 aromatic heterocycles. The van der Waals surface area contributed by atoms with Gasteiger partial charge in [-0.25, -0.2) is 4.98 Å². The highest BCUT2D eigenvalue weighted by atomic mass is 16.5. The molecular weight excluding hydrogens is 424 g/mol. The van der Waals surface area contributed by atoms with Gasteiger partial charge in [0.25, 0.3) is 0 Å². The molecular formula is C29H32N2O3. The number of allylic oxidation sites excluding steroid dienone is 2. The minimum Gasteiger partial charge on any atom is -0.461 e. The number of ether oxygens (including phenoxy) is 1. The quantitative estimate of drug-likeness (QED) is 0.465. The average Bonchev–Trinajstić information content (AvgIpc) is 3.46. The fraction of sp³-hybridized carbons (Fsp3) is 0.379. The van der Waals surface area contributed by atoms with Crippen molar-refractivity contribution in [3.8, 4) is 0 Å². The number of aliphatic hydroxyl groups excluding tert-OH is 1. The van der Waals surface area contributed by atoms with Crippen molar-refractivity contribution >= 4 is 17.1 Å². The molecule has 3 aromatic rings. The summed E-state index contributed by atoms with van der Waals surface area (Å²) in [5, 5.41) is 11.3. The summed E-state index contributed by atoms with van der Waals surface area (Å²) in [6.07, 6.45) is 7.26. The molecule has 0 amide bonds. The highest BCUT2D eigenvalue weighted by Gasteiger charge is 2.36. The molecule has 5 rings (SSSR count). The number of carbonyl (C=O) groups excluding carboxylic acids is 1. The lowest BCUT2D eigenvalue weighted by Crippen LogP contribution is -2.31. The first-order valence-corrected chi connectivity index (χ1v) is 12.3. The molecule has 1 saturated carbocycles. The van der Waals surface area contributed by atoms with Crippen molar-refractivity contribution in [2.24, 2.45) is 11.8 Å². The Morgan fingerprint density at radius 2 is 1.74 bits per heavy atom. The van der Waals surface area contributed by atoms with Gasteiger partial charge in [-0.1, -0.05) is 60.7 Å². The molecule has 0 bridgehead atoms. The zero-order chi connectivity index (χ0) is 23.5. The summed E-state index contributed by atoms with van der Waals surface area (Å²) in [5.41, 5.74) is 5.83. The number of imidazole rings is 1. The molecule has 1 fully saturated rings. The molecule has 5 nitrogen and oxygen atoms in total. The topological polar surface area (TPSA) is 64.3 Å². The van der Waals surface area contributed by atoms with Crippen molar-refractivity contribution < 1.29 is 14.6 Å². The van der Waals surface area contributed by atoms with Gasteiger partial charge in [0.2, 0.25) is 0 Å². The van der Waals surface area contributed by atoms with E-state index in [1.807, 2.05) is 48.9 Å². The first-order valence-electron chi connectivity index (χ1n) is 12.3. The Hall–Kier alpha value is -3.18. The lowest BCUT2D eigenvalue weighted by Gasteiger charge is -2.32. The van der Waals surface area contributed by atoms with Gasteiger partial charge in [-0.05, 0) is 67.2 Å². The summed E-state index contributed by atoms with van der Waals surface area (Å²) in [6, 6.07) is 20.3. The largest absolute Gasteiger partial charge is 0.461 e. The predicted molar refractivity (Wildman–Crippen MR) is 133 cm³/mol. The van der Waals surface area contributed by atoms with Gasteiger partial charge in [-0.3, -0.25) is 4.79 Å². The Morgan fingerprint density at radius 1 is 1.06 bits per heavy atom. The number of esters is 1. The Bertz CT molecular complexity index is 1140. The normalized spacial score (nSPS) is 22.9. The predicted octanol–water partition coefficient (Wildman–Crippen LogP) is 5.67. The number of aliphatic hydroxyl groups is 1. The Kier molecular flexibility index (Phi) is 6.63. The Labute approximate surface area is 201 Å². The monoisotopic (exact) mass is 456 g/mol. The highest BCUT2D eigenvalue weighted by molar-refractivity contribution is 5.93. The van der Waals surface area contributed by atoms with Crippen molar-refractivity contribution in [3.63, 3.8) is 0 Å². The molecule has 176 valence electrons. The van der Waals surface area contributed by atoms with E-state index in [9.17, 15) is 9.90 Å². The maximum absolute atomic E-state index is 12.6. The molecule has 1 N–H and O–H groups in total. The molecule has 2 unspecified atom stereocenters. The molecule has 0 saturated heterocycles. The second-order valence-corrected chi connectivity index (χ2v) is 9.61. The van der Waals surface area contributed by atoms with E-state index in [-0.39, 0.29) is 23.8 Å². The zero-order valence-corrected chi connectivity index (χ0v) is 19.6. The molecule has 1 aliphatic heterocycles. The third-order valence-electron chi connectivity index (χ3n) is 7.55. The van der Waals surface area contributed by atoms with E-state index in [1.54, 1.807) is 0 Å². The third kappa shape index (κ3) is 4.58. The number of hydrogen-bond donors (Lipinski definition) is 1. The molecule has 34 heavy (non-hydrogen) atoms. The molecule has 5 heteroatoms. The summed E-state index contributed by atoms with van der Waals surface area (Å²) in [5.74, 6) is 0.0181. The first-order chi connectivity index (χ1) is 16.6. The summed E-state index contributed by atoms with van der Waals surface area (Å²) < 4.78 is 7.76. The molecule has 2 atom stereocenters. The smallest absolute Gasteiger partial charge is 0.309 e. The van der Waals surface area contributed by atoms with Gasteiger partial charge in [-0.15, -0.1) is 0 Å². The molecule has 1 aliphatic carbocycles. The Balaban J connectivity index is 1.20. The minimum atomic E-state index is -0.425. The van der Waals surface area contributed by atoms with Crippen molar-refractivity contribution in [2.75, 3.05) is 0 Å². The van der Waals surface area contributed by atoms with Gasteiger partial charge in [0.15, 0.2) is 0 Å². The van der Waals surface area contributed by atoms with Crippen LogP contribution in [-0.4, -0.2) is 26.7 Å². The van der Waals surface area contributed by atoms with Crippen molar-refractivity contribution in [2.45, 2.75) is 57.8 Å². The maximum Gasteiger partial charge on any atom is 0.309 e. The number of benzene rings is 2. The van der Waals surface area contributed by atoms with Crippen molar-refractivity contribution in [1.29, 1.82) is 0 Å². The SMILES string of the molecule is CC1=C(c2ccccc2)C(CC(O)C2CCC(C(=O)OCc3ccccc3)CC2)n2cncc21. The van der Waals surface area contributed by atoms with Gasteiger partial charge in [0, 0.05) is 0 Å². The molecule has 0 radical (unpaired) electrons. The summed E-state index contributed by atoms with van der Waals surface area (Å²) in [7, 11) is 0. The number of carbonyl (C=O) groups is 1.